The van der Waals surface area contributed by atoms with Crippen LogP contribution in [-0.4, -0.2) is 9.13 Å². The number of aromatic nitrogens is 2. The molecule has 3 aromatic heterocycles. The second-order valence-corrected chi connectivity index (χ2v) is 13.7. The highest BCUT2D eigenvalue weighted by atomic mass is 32.1. The van der Waals surface area contributed by atoms with Crippen LogP contribution in [0.5, 0.6) is 0 Å². The smallest absolute Gasteiger partial charge is 0.189 e. The van der Waals surface area contributed by atoms with Gasteiger partial charge in [-0.1, -0.05) is 78.9 Å². The van der Waals surface area contributed by atoms with Gasteiger partial charge in [0, 0.05) is 58.6 Å². The van der Waals surface area contributed by atoms with Crippen LogP contribution in [0.1, 0.15) is 5.56 Å². The average molecular weight is 630 g/mol. The third-order valence-corrected chi connectivity index (χ3v) is 10.9. The molecule has 0 saturated carbocycles. The number of hydrogen-bond acceptors (Lipinski definition) is 1. The minimum Gasteiger partial charge on any atom is -0.310 e. The molecule has 0 radical (unpaired) electrons. The SMILES string of the molecule is [C-]#[N+]c1ccc2c3ccc(C)cc3n(-c3ccc4sc5ccc(-c6cccc(-n7c8ccccc8c8ccccc87)c6)cc5c4c3)c2c1. The van der Waals surface area contributed by atoms with Crippen LogP contribution in [0.3, 0.4) is 0 Å². The molecule has 0 bridgehead atoms. The van der Waals surface area contributed by atoms with Gasteiger partial charge in [-0.2, -0.15) is 0 Å². The second kappa shape index (κ2) is 10.2. The van der Waals surface area contributed by atoms with Gasteiger partial charge in [0.15, 0.2) is 5.69 Å². The lowest BCUT2D eigenvalue weighted by molar-refractivity contribution is 1.18. The summed E-state index contributed by atoms with van der Waals surface area (Å²) in [6.07, 6.45) is 0. The van der Waals surface area contributed by atoms with Gasteiger partial charge in [-0.25, -0.2) is 4.85 Å². The number of hydrogen-bond donors (Lipinski definition) is 0. The molecule has 10 aromatic rings. The Morgan fingerprint density at radius 3 is 1.83 bits per heavy atom. The first-order chi connectivity index (χ1) is 23.6. The van der Waals surface area contributed by atoms with Gasteiger partial charge in [-0.15, -0.1) is 11.3 Å². The summed E-state index contributed by atoms with van der Waals surface area (Å²) in [5, 5.41) is 7.41. The summed E-state index contributed by atoms with van der Waals surface area (Å²) in [7, 11) is 0. The van der Waals surface area contributed by atoms with Crippen molar-refractivity contribution in [1.82, 2.24) is 9.13 Å². The molecule has 0 aliphatic rings. The zero-order valence-electron chi connectivity index (χ0n) is 26.1. The molecule has 0 fully saturated rings. The summed E-state index contributed by atoms with van der Waals surface area (Å²) in [5.41, 5.74) is 11.2. The van der Waals surface area contributed by atoms with Crippen molar-refractivity contribution in [2.75, 3.05) is 0 Å². The van der Waals surface area contributed by atoms with Crippen LogP contribution in [0.4, 0.5) is 5.69 Å². The molecule has 48 heavy (non-hydrogen) atoms. The van der Waals surface area contributed by atoms with Crippen LogP contribution in [0.25, 0.3) is 91.1 Å². The second-order valence-electron chi connectivity index (χ2n) is 12.6. The van der Waals surface area contributed by atoms with E-state index in [9.17, 15) is 0 Å². The summed E-state index contributed by atoms with van der Waals surface area (Å²) >= 11 is 1.84. The summed E-state index contributed by atoms with van der Waals surface area (Å²) < 4.78 is 7.25. The predicted molar refractivity (Wildman–Crippen MR) is 204 cm³/mol. The van der Waals surface area contributed by atoms with E-state index in [0.29, 0.717) is 5.69 Å². The molecule has 0 aliphatic carbocycles. The lowest BCUT2D eigenvalue weighted by Crippen LogP contribution is -1.94. The first-order valence-electron chi connectivity index (χ1n) is 16.1. The van der Waals surface area contributed by atoms with Crippen molar-refractivity contribution >= 4 is 80.8 Å². The Bertz CT molecular complexity index is 2930. The highest BCUT2D eigenvalue weighted by Gasteiger charge is 2.16. The van der Waals surface area contributed by atoms with Crippen LogP contribution in [-0.2, 0) is 0 Å². The van der Waals surface area contributed by atoms with Crippen LogP contribution in [0.2, 0.25) is 0 Å². The van der Waals surface area contributed by atoms with E-state index in [0.717, 1.165) is 27.8 Å². The van der Waals surface area contributed by atoms with Gasteiger partial charge in [0.25, 0.3) is 0 Å². The van der Waals surface area contributed by atoms with E-state index in [1.165, 1.54) is 64.1 Å². The van der Waals surface area contributed by atoms with E-state index in [1.807, 2.05) is 23.5 Å². The van der Waals surface area contributed by atoms with E-state index in [2.05, 4.69) is 154 Å². The van der Waals surface area contributed by atoms with Crippen molar-refractivity contribution in [1.29, 1.82) is 0 Å². The van der Waals surface area contributed by atoms with Crippen molar-refractivity contribution in [2.24, 2.45) is 0 Å². The van der Waals surface area contributed by atoms with Crippen LogP contribution >= 0.6 is 11.3 Å². The Balaban J connectivity index is 1.15. The van der Waals surface area contributed by atoms with Gasteiger partial charge in [-0.3, -0.25) is 0 Å². The number of para-hydroxylation sites is 2. The van der Waals surface area contributed by atoms with Crippen LogP contribution in [0.15, 0.2) is 146 Å². The molecule has 0 aliphatic heterocycles. The fourth-order valence-corrected chi connectivity index (χ4v) is 8.64. The van der Waals surface area contributed by atoms with Crippen molar-refractivity contribution in [3.8, 4) is 22.5 Å². The minimum absolute atomic E-state index is 0.651. The molecule has 7 aromatic carbocycles. The largest absolute Gasteiger partial charge is 0.310 e. The Hall–Kier alpha value is -6.15. The predicted octanol–water partition coefficient (Wildman–Crippen LogP) is 12.8. The lowest BCUT2D eigenvalue weighted by atomic mass is 10.0. The highest BCUT2D eigenvalue weighted by molar-refractivity contribution is 7.25. The molecule has 0 N–H and O–H groups in total. The third-order valence-electron chi connectivity index (χ3n) is 9.76. The zero-order chi connectivity index (χ0) is 31.9. The van der Waals surface area contributed by atoms with Gasteiger partial charge in [0.2, 0.25) is 0 Å². The summed E-state index contributed by atoms with van der Waals surface area (Å²) in [6.45, 7) is 9.81. The maximum absolute atomic E-state index is 7.67. The average Bonchev–Trinajstić information content (AvgIpc) is 3.78. The molecular weight excluding hydrogens is 603 g/mol. The minimum atomic E-state index is 0.651. The number of benzene rings is 7. The number of nitrogens with zero attached hydrogens (tertiary/aromatic N) is 3. The molecule has 3 nitrogen and oxygen atoms in total. The Kier molecular flexibility index (Phi) is 5.72. The number of rotatable bonds is 3. The van der Waals surface area contributed by atoms with Gasteiger partial charge >= 0.3 is 0 Å². The normalized spacial score (nSPS) is 11.8. The topological polar surface area (TPSA) is 14.2 Å². The van der Waals surface area contributed by atoms with Crippen molar-refractivity contribution in [3.05, 3.63) is 163 Å². The van der Waals surface area contributed by atoms with Gasteiger partial charge in [0.05, 0.1) is 23.1 Å². The Morgan fingerprint density at radius 1 is 0.458 bits per heavy atom. The molecule has 0 amide bonds. The number of thiophene rings is 1. The van der Waals surface area contributed by atoms with Crippen molar-refractivity contribution in [2.45, 2.75) is 6.92 Å². The molecular formula is C44H27N3S. The van der Waals surface area contributed by atoms with E-state index in [-0.39, 0.29) is 0 Å². The lowest BCUT2D eigenvalue weighted by Gasteiger charge is -2.11. The fraction of sp³-hybridized carbons (Fsp3) is 0.0227. The molecule has 224 valence electrons. The summed E-state index contributed by atoms with van der Waals surface area (Å²) in [4.78, 5) is 3.75. The van der Waals surface area contributed by atoms with E-state index in [1.54, 1.807) is 0 Å². The maximum Gasteiger partial charge on any atom is 0.189 e. The van der Waals surface area contributed by atoms with Gasteiger partial charge in [0.1, 0.15) is 0 Å². The van der Waals surface area contributed by atoms with E-state index < -0.39 is 0 Å². The number of fused-ring (bicyclic) bond motifs is 9. The van der Waals surface area contributed by atoms with E-state index in [4.69, 9.17) is 6.57 Å². The molecule has 0 saturated heterocycles. The quantitative estimate of drug-likeness (QED) is 0.173. The maximum atomic E-state index is 7.67. The molecule has 3 heterocycles. The summed E-state index contributed by atoms with van der Waals surface area (Å²) in [6, 6.07) is 52.6. The van der Waals surface area contributed by atoms with Crippen LogP contribution in [0, 0.1) is 13.5 Å². The van der Waals surface area contributed by atoms with Crippen molar-refractivity contribution < 1.29 is 0 Å². The fourth-order valence-electron chi connectivity index (χ4n) is 7.57. The first kappa shape index (κ1) is 27.0. The molecule has 0 unspecified atom stereocenters. The molecule has 10 rings (SSSR count). The summed E-state index contributed by atoms with van der Waals surface area (Å²) in [5.74, 6) is 0. The highest BCUT2D eigenvalue weighted by Crippen LogP contribution is 2.41. The van der Waals surface area contributed by atoms with Crippen LogP contribution < -0.4 is 0 Å². The Labute approximate surface area is 281 Å². The van der Waals surface area contributed by atoms with Gasteiger partial charge < -0.3 is 9.13 Å². The monoisotopic (exact) mass is 629 g/mol. The first-order valence-corrected chi connectivity index (χ1v) is 16.9. The van der Waals surface area contributed by atoms with E-state index >= 15 is 0 Å². The zero-order valence-corrected chi connectivity index (χ0v) is 26.9. The molecule has 4 heteroatoms. The number of aryl methyl sites for hydroxylation is 1. The van der Waals surface area contributed by atoms with Crippen molar-refractivity contribution in [3.63, 3.8) is 0 Å². The molecule has 0 spiro atoms. The standard InChI is InChI=1S/C44H27N3S/c1-27-14-18-35-36-19-16-30(45-2)25-42(36)47(41(35)22-27)32-17-21-44-38(26-32)37-24-29(15-20-43(37)48-44)28-8-7-9-31(23-28)46-39-12-5-3-10-33(39)34-11-4-6-13-40(34)46/h3-26H,1H3. The van der Waals surface area contributed by atoms with Gasteiger partial charge in [-0.05, 0) is 90.3 Å². The molecule has 0 atom stereocenters. The third kappa shape index (κ3) is 3.92. The Morgan fingerprint density at radius 2 is 1.06 bits per heavy atom.